The Morgan fingerprint density at radius 3 is 2.33 bits per heavy atom. The van der Waals surface area contributed by atoms with Gasteiger partial charge >= 0.3 is 0 Å². The molecule has 0 unspecified atom stereocenters. The van der Waals surface area contributed by atoms with Gasteiger partial charge in [-0.15, -0.1) is 0 Å². The number of fused-ring (bicyclic) bond motifs is 1. The molecule has 0 N–H and O–H groups in total. The van der Waals surface area contributed by atoms with Gasteiger partial charge in [0.25, 0.3) is 11.8 Å². The van der Waals surface area contributed by atoms with Crippen LogP contribution in [0.4, 0.5) is 0 Å². The van der Waals surface area contributed by atoms with Gasteiger partial charge in [0, 0.05) is 26.2 Å². The van der Waals surface area contributed by atoms with Crippen LogP contribution in [-0.4, -0.2) is 46.2 Å². The molecule has 0 saturated carbocycles. The second-order valence-corrected chi connectivity index (χ2v) is 6.95. The predicted octanol–water partition coefficient (Wildman–Crippen LogP) is 3.54. The van der Waals surface area contributed by atoms with Crippen molar-refractivity contribution >= 4 is 11.8 Å². The van der Waals surface area contributed by atoms with Gasteiger partial charge in [0.1, 0.15) is 11.4 Å². The van der Waals surface area contributed by atoms with Crippen LogP contribution in [0.1, 0.15) is 58.8 Å². The minimum Gasteiger partial charge on any atom is -0.337 e. The minimum atomic E-state index is -0.114. The summed E-state index contributed by atoms with van der Waals surface area (Å²) in [5.74, 6) is -0.214. The predicted molar refractivity (Wildman–Crippen MR) is 106 cm³/mol. The molecule has 2 amide bonds. The number of carbonyl (C=O) groups is 2. The molecule has 1 aliphatic heterocycles. The Morgan fingerprint density at radius 2 is 1.63 bits per heavy atom. The molecule has 2 aromatic rings. The largest absolute Gasteiger partial charge is 0.337 e. The first-order valence-corrected chi connectivity index (χ1v) is 9.76. The van der Waals surface area contributed by atoms with Crippen molar-refractivity contribution in [1.29, 1.82) is 0 Å². The van der Waals surface area contributed by atoms with E-state index in [9.17, 15) is 9.59 Å². The standard InChI is InChI=1S/C22H27N3O2/c1-3-13-24(14-4-2)21(26)19-10-7-11-20(23-19)22(27)25-15-12-17-8-5-6-9-18(17)16-25/h5-11H,3-4,12-16H2,1-2H3. The Bertz CT molecular complexity index is 813. The zero-order valence-corrected chi connectivity index (χ0v) is 16.1. The van der Waals surface area contributed by atoms with Gasteiger partial charge in [-0.05, 0) is 42.5 Å². The fraction of sp³-hybridized carbons (Fsp3) is 0.409. The number of carbonyl (C=O) groups excluding carboxylic acids is 2. The molecule has 2 heterocycles. The van der Waals surface area contributed by atoms with Crippen molar-refractivity contribution in [3.63, 3.8) is 0 Å². The van der Waals surface area contributed by atoms with Gasteiger partial charge in [-0.3, -0.25) is 9.59 Å². The monoisotopic (exact) mass is 365 g/mol. The molecule has 0 aliphatic carbocycles. The average molecular weight is 365 g/mol. The quantitative estimate of drug-likeness (QED) is 0.787. The fourth-order valence-electron chi connectivity index (χ4n) is 3.52. The van der Waals surface area contributed by atoms with E-state index in [0.717, 1.165) is 19.3 Å². The molecule has 5 nitrogen and oxygen atoms in total. The first-order valence-electron chi connectivity index (χ1n) is 9.76. The normalized spacial score (nSPS) is 13.2. The molecule has 1 aromatic carbocycles. The van der Waals surface area contributed by atoms with Gasteiger partial charge < -0.3 is 9.80 Å². The summed E-state index contributed by atoms with van der Waals surface area (Å²) in [4.78, 5) is 33.8. The fourth-order valence-corrected chi connectivity index (χ4v) is 3.52. The molecule has 0 fully saturated rings. The lowest BCUT2D eigenvalue weighted by molar-refractivity contribution is 0.0726. The maximum absolute atomic E-state index is 12.9. The highest BCUT2D eigenvalue weighted by molar-refractivity contribution is 5.96. The Labute approximate surface area is 161 Å². The molecule has 5 heteroatoms. The molecular weight excluding hydrogens is 338 g/mol. The number of benzene rings is 1. The Morgan fingerprint density at radius 1 is 0.963 bits per heavy atom. The molecule has 0 saturated heterocycles. The molecule has 0 radical (unpaired) electrons. The summed E-state index contributed by atoms with van der Waals surface area (Å²) in [7, 11) is 0. The maximum Gasteiger partial charge on any atom is 0.272 e. The SMILES string of the molecule is CCCN(CCC)C(=O)c1cccc(C(=O)N2CCc3ccccc3C2)n1. The van der Waals surface area contributed by atoms with Gasteiger partial charge in [-0.2, -0.15) is 0 Å². The Balaban J connectivity index is 1.77. The molecule has 1 aromatic heterocycles. The molecule has 1 aliphatic rings. The summed E-state index contributed by atoms with van der Waals surface area (Å²) < 4.78 is 0. The third-order valence-corrected chi connectivity index (χ3v) is 4.88. The zero-order chi connectivity index (χ0) is 19.2. The molecule has 0 bridgehead atoms. The highest BCUT2D eigenvalue weighted by atomic mass is 16.2. The van der Waals surface area contributed by atoms with Gasteiger partial charge in [0.15, 0.2) is 0 Å². The summed E-state index contributed by atoms with van der Waals surface area (Å²) in [5, 5.41) is 0. The minimum absolute atomic E-state index is 0.0997. The van der Waals surface area contributed by atoms with Crippen LogP contribution < -0.4 is 0 Å². The highest BCUT2D eigenvalue weighted by Crippen LogP contribution is 2.20. The second-order valence-electron chi connectivity index (χ2n) is 6.95. The average Bonchev–Trinajstić information content (AvgIpc) is 2.72. The van der Waals surface area contributed by atoms with Crippen LogP contribution in [0.25, 0.3) is 0 Å². The first-order chi connectivity index (χ1) is 13.1. The molecule has 27 heavy (non-hydrogen) atoms. The lowest BCUT2D eigenvalue weighted by atomic mass is 10.00. The van der Waals surface area contributed by atoms with Gasteiger partial charge in [-0.1, -0.05) is 44.2 Å². The number of aromatic nitrogens is 1. The van der Waals surface area contributed by atoms with Crippen molar-refractivity contribution in [1.82, 2.24) is 14.8 Å². The lowest BCUT2D eigenvalue weighted by Crippen LogP contribution is -2.37. The van der Waals surface area contributed by atoms with Gasteiger partial charge in [0.05, 0.1) is 0 Å². The molecular formula is C22H27N3O2. The van der Waals surface area contributed by atoms with Gasteiger partial charge in [0.2, 0.25) is 0 Å². The van der Waals surface area contributed by atoms with Crippen LogP contribution in [0.3, 0.4) is 0 Å². The third kappa shape index (κ3) is 4.35. The van der Waals surface area contributed by atoms with Crippen molar-refractivity contribution in [3.05, 3.63) is 65.0 Å². The Kier molecular flexibility index (Phi) is 6.22. The van der Waals surface area contributed by atoms with Crippen LogP contribution in [0.2, 0.25) is 0 Å². The maximum atomic E-state index is 12.9. The number of rotatable bonds is 6. The first kappa shape index (κ1) is 19.1. The van der Waals surface area contributed by atoms with E-state index in [1.807, 2.05) is 21.9 Å². The Hall–Kier alpha value is -2.69. The molecule has 3 rings (SSSR count). The summed E-state index contributed by atoms with van der Waals surface area (Å²) in [6, 6.07) is 13.4. The zero-order valence-electron chi connectivity index (χ0n) is 16.1. The van der Waals surface area contributed by atoms with E-state index < -0.39 is 0 Å². The summed E-state index contributed by atoms with van der Waals surface area (Å²) in [6.07, 6.45) is 2.65. The summed E-state index contributed by atoms with van der Waals surface area (Å²) >= 11 is 0. The van der Waals surface area contributed by atoms with Crippen LogP contribution in [-0.2, 0) is 13.0 Å². The number of hydrogen-bond acceptors (Lipinski definition) is 3. The van der Waals surface area contributed by atoms with E-state index in [1.165, 1.54) is 11.1 Å². The van der Waals surface area contributed by atoms with E-state index in [4.69, 9.17) is 0 Å². The van der Waals surface area contributed by atoms with E-state index >= 15 is 0 Å². The lowest BCUT2D eigenvalue weighted by Gasteiger charge is -2.28. The topological polar surface area (TPSA) is 53.5 Å². The second kappa shape index (κ2) is 8.80. The van der Waals surface area contributed by atoms with E-state index in [-0.39, 0.29) is 11.8 Å². The van der Waals surface area contributed by atoms with Crippen molar-refractivity contribution in [3.8, 4) is 0 Å². The van der Waals surface area contributed by atoms with Crippen LogP contribution in [0, 0.1) is 0 Å². The summed E-state index contributed by atoms with van der Waals surface area (Å²) in [5.41, 5.74) is 3.17. The highest BCUT2D eigenvalue weighted by Gasteiger charge is 2.24. The van der Waals surface area contributed by atoms with Crippen LogP contribution in [0.15, 0.2) is 42.5 Å². The summed E-state index contributed by atoms with van der Waals surface area (Å²) in [6.45, 7) is 6.78. The van der Waals surface area contributed by atoms with Crippen LogP contribution in [0.5, 0.6) is 0 Å². The van der Waals surface area contributed by atoms with Crippen LogP contribution >= 0.6 is 0 Å². The van der Waals surface area contributed by atoms with E-state index in [0.29, 0.717) is 37.6 Å². The molecule has 142 valence electrons. The van der Waals surface area contributed by atoms with E-state index in [2.05, 4.69) is 31.0 Å². The van der Waals surface area contributed by atoms with Gasteiger partial charge in [-0.25, -0.2) is 4.98 Å². The number of amides is 2. The van der Waals surface area contributed by atoms with E-state index in [1.54, 1.807) is 18.2 Å². The van der Waals surface area contributed by atoms with Crippen molar-refractivity contribution in [2.24, 2.45) is 0 Å². The number of nitrogens with zero attached hydrogens (tertiary/aromatic N) is 3. The molecule has 0 spiro atoms. The smallest absolute Gasteiger partial charge is 0.272 e. The van der Waals surface area contributed by atoms with Crippen molar-refractivity contribution in [2.45, 2.75) is 39.7 Å². The number of pyridine rings is 1. The molecule has 0 atom stereocenters. The number of hydrogen-bond donors (Lipinski definition) is 0. The third-order valence-electron chi connectivity index (χ3n) is 4.88. The van der Waals surface area contributed by atoms with Crippen molar-refractivity contribution in [2.75, 3.05) is 19.6 Å². The van der Waals surface area contributed by atoms with Crippen molar-refractivity contribution < 1.29 is 9.59 Å².